The molecule has 0 radical (unpaired) electrons. The normalized spacial score (nSPS) is 12.3. The molecule has 0 saturated carbocycles. The van der Waals surface area contributed by atoms with E-state index in [0.29, 0.717) is 6.73 Å². The number of nitrogens with zero attached hydrogens (tertiary/aromatic N) is 2. The van der Waals surface area contributed by atoms with Crippen LogP contribution >= 0.6 is 11.6 Å². The minimum absolute atomic E-state index is 0.542. The first kappa shape index (κ1) is 14.6. The first-order chi connectivity index (χ1) is 8.88. The lowest BCUT2D eigenvalue weighted by atomic mass is 10.2. The molecule has 0 bridgehead atoms. The molecule has 0 aliphatic carbocycles. The number of ether oxygens (including phenoxy) is 1. The van der Waals surface area contributed by atoms with E-state index >= 15 is 0 Å². The highest BCUT2D eigenvalue weighted by Gasteiger charge is 2.12. The zero-order valence-corrected chi connectivity index (χ0v) is 13.8. The number of hydrogen-bond donors (Lipinski definition) is 0. The van der Waals surface area contributed by atoms with E-state index in [9.17, 15) is 0 Å². The quantitative estimate of drug-likeness (QED) is 0.607. The van der Waals surface area contributed by atoms with Gasteiger partial charge >= 0.3 is 0 Å². The van der Waals surface area contributed by atoms with Crippen molar-refractivity contribution in [2.45, 2.75) is 39.3 Å². The summed E-state index contributed by atoms with van der Waals surface area (Å²) in [7, 11) is -1.02. The first-order valence-electron chi connectivity index (χ1n) is 6.56. The molecule has 0 spiro atoms. The minimum atomic E-state index is -1.02. The van der Waals surface area contributed by atoms with E-state index in [1.807, 2.05) is 30.0 Å². The van der Waals surface area contributed by atoms with Crippen molar-refractivity contribution in [1.29, 1.82) is 0 Å². The molecule has 2 rings (SSSR count). The van der Waals surface area contributed by atoms with Gasteiger partial charge in [-0.05, 0) is 24.6 Å². The number of aromatic nitrogens is 2. The van der Waals surface area contributed by atoms with Crippen LogP contribution in [0.2, 0.25) is 30.7 Å². The molecule has 0 unspecified atom stereocenters. The van der Waals surface area contributed by atoms with E-state index in [4.69, 9.17) is 16.3 Å². The third-order valence-corrected chi connectivity index (χ3v) is 5.33. The van der Waals surface area contributed by atoms with Crippen LogP contribution in [0.15, 0.2) is 18.5 Å². The summed E-state index contributed by atoms with van der Waals surface area (Å²) in [5.74, 6) is 0. The second kappa shape index (κ2) is 5.65. The van der Waals surface area contributed by atoms with Crippen LogP contribution in [0.5, 0.6) is 0 Å². The van der Waals surface area contributed by atoms with Crippen molar-refractivity contribution in [3.63, 3.8) is 0 Å². The van der Waals surface area contributed by atoms with Crippen molar-refractivity contribution in [2.24, 2.45) is 0 Å². The van der Waals surface area contributed by atoms with Gasteiger partial charge in [0.05, 0.1) is 5.02 Å². The summed E-state index contributed by atoms with van der Waals surface area (Å²) in [6, 6.07) is 3.18. The highest BCUT2D eigenvalue weighted by Crippen LogP contribution is 2.25. The molecular formula is C14H21ClN2OSi. The molecule has 19 heavy (non-hydrogen) atoms. The Morgan fingerprint density at radius 1 is 1.37 bits per heavy atom. The summed E-state index contributed by atoms with van der Waals surface area (Å²) in [6.45, 7) is 10.4. The number of aryl methyl sites for hydroxylation is 1. The van der Waals surface area contributed by atoms with Gasteiger partial charge in [0.1, 0.15) is 12.4 Å². The van der Waals surface area contributed by atoms with Gasteiger partial charge in [-0.2, -0.15) is 0 Å². The Morgan fingerprint density at radius 3 is 2.79 bits per heavy atom. The Balaban J connectivity index is 2.04. The van der Waals surface area contributed by atoms with E-state index in [1.54, 1.807) is 0 Å². The molecule has 2 heterocycles. The van der Waals surface area contributed by atoms with Crippen LogP contribution in [-0.4, -0.2) is 24.2 Å². The second-order valence-electron chi connectivity index (χ2n) is 6.13. The van der Waals surface area contributed by atoms with Crippen molar-refractivity contribution in [2.75, 3.05) is 6.61 Å². The van der Waals surface area contributed by atoms with Crippen molar-refractivity contribution >= 4 is 30.7 Å². The molecular weight excluding hydrogens is 276 g/mol. The molecule has 3 nitrogen and oxygen atoms in total. The Bertz CT molecular complexity index is 575. The summed E-state index contributed by atoms with van der Waals surface area (Å²) < 4.78 is 7.75. The smallest absolute Gasteiger partial charge is 0.143 e. The number of fused-ring (bicyclic) bond motifs is 1. The third kappa shape index (κ3) is 3.59. The lowest BCUT2D eigenvalue weighted by Gasteiger charge is -2.15. The Morgan fingerprint density at radius 2 is 2.11 bits per heavy atom. The Kier molecular flexibility index (Phi) is 4.33. The van der Waals surface area contributed by atoms with Gasteiger partial charge in [-0.15, -0.1) is 0 Å². The van der Waals surface area contributed by atoms with Gasteiger partial charge in [-0.1, -0.05) is 31.2 Å². The summed E-state index contributed by atoms with van der Waals surface area (Å²) >= 11 is 6.27. The SMILES string of the molecule is Cc1cnc2c(ccn2COCC[Si](C)(C)C)c1Cl. The van der Waals surface area contributed by atoms with Crippen LogP contribution in [-0.2, 0) is 11.5 Å². The van der Waals surface area contributed by atoms with Crippen molar-refractivity contribution < 1.29 is 4.74 Å². The highest BCUT2D eigenvalue weighted by atomic mass is 35.5. The average molecular weight is 297 g/mol. The molecule has 5 heteroatoms. The molecule has 0 fully saturated rings. The summed E-state index contributed by atoms with van der Waals surface area (Å²) in [5, 5.41) is 1.78. The van der Waals surface area contributed by atoms with Gasteiger partial charge in [0.25, 0.3) is 0 Å². The van der Waals surface area contributed by atoms with E-state index < -0.39 is 8.07 Å². The molecule has 2 aromatic heterocycles. The highest BCUT2D eigenvalue weighted by molar-refractivity contribution is 6.76. The van der Waals surface area contributed by atoms with Crippen LogP contribution < -0.4 is 0 Å². The largest absolute Gasteiger partial charge is 0.361 e. The van der Waals surface area contributed by atoms with Crippen LogP contribution in [0.4, 0.5) is 0 Å². The number of pyridine rings is 1. The van der Waals surface area contributed by atoms with Gasteiger partial charge in [-0.25, -0.2) is 4.98 Å². The zero-order chi connectivity index (χ0) is 14.0. The molecule has 0 aliphatic rings. The number of hydrogen-bond acceptors (Lipinski definition) is 2. The number of rotatable bonds is 5. The van der Waals surface area contributed by atoms with E-state index in [2.05, 4.69) is 24.6 Å². The second-order valence-corrected chi connectivity index (χ2v) is 12.1. The van der Waals surface area contributed by atoms with E-state index in [1.165, 1.54) is 6.04 Å². The van der Waals surface area contributed by atoms with Crippen molar-refractivity contribution in [3.05, 3.63) is 29.0 Å². The fourth-order valence-electron chi connectivity index (χ4n) is 1.85. The topological polar surface area (TPSA) is 27.1 Å². The summed E-state index contributed by atoms with van der Waals surface area (Å²) in [6.07, 6.45) is 3.79. The van der Waals surface area contributed by atoms with Crippen LogP contribution in [0, 0.1) is 6.92 Å². The van der Waals surface area contributed by atoms with Crippen LogP contribution in [0.1, 0.15) is 5.56 Å². The predicted octanol–water partition coefficient (Wildman–Crippen LogP) is 4.31. The maximum Gasteiger partial charge on any atom is 0.143 e. The number of halogens is 1. The lowest BCUT2D eigenvalue weighted by molar-refractivity contribution is 0.0899. The standard InChI is InChI=1S/C14H21ClN2OSi/c1-11-9-16-14-12(13(11)15)5-6-17(14)10-18-7-8-19(2,3)4/h5-6,9H,7-8,10H2,1-4H3. The van der Waals surface area contributed by atoms with Crippen LogP contribution in [0.25, 0.3) is 11.0 Å². The maximum atomic E-state index is 6.27. The van der Waals surface area contributed by atoms with E-state index in [-0.39, 0.29) is 0 Å². The van der Waals surface area contributed by atoms with Gasteiger partial charge in [-0.3, -0.25) is 0 Å². The summed E-state index contributed by atoms with van der Waals surface area (Å²) in [5.41, 5.74) is 1.90. The van der Waals surface area contributed by atoms with Gasteiger partial charge in [0.15, 0.2) is 0 Å². The van der Waals surface area contributed by atoms with Crippen LogP contribution in [0.3, 0.4) is 0 Å². The Hall–Kier alpha value is -0.843. The monoisotopic (exact) mass is 296 g/mol. The fourth-order valence-corrected chi connectivity index (χ4v) is 2.80. The van der Waals surface area contributed by atoms with Crippen molar-refractivity contribution in [1.82, 2.24) is 9.55 Å². The molecule has 2 aromatic rings. The molecule has 0 aromatic carbocycles. The molecule has 104 valence electrons. The van der Waals surface area contributed by atoms with Gasteiger partial charge in [0, 0.05) is 32.5 Å². The zero-order valence-electron chi connectivity index (χ0n) is 12.0. The third-order valence-electron chi connectivity index (χ3n) is 3.12. The molecule has 0 N–H and O–H groups in total. The fraction of sp³-hybridized carbons (Fsp3) is 0.500. The minimum Gasteiger partial charge on any atom is -0.361 e. The maximum absolute atomic E-state index is 6.27. The van der Waals surface area contributed by atoms with E-state index in [0.717, 1.165) is 28.2 Å². The first-order valence-corrected chi connectivity index (χ1v) is 10.6. The van der Waals surface area contributed by atoms with Gasteiger partial charge < -0.3 is 9.30 Å². The molecule has 0 atom stereocenters. The molecule has 0 saturated heterocycles. The molecule has 0 amide bonds. The Labute approximate surface area is 120 Å². The predicted molar refractivity (Wildman–Crippen MR) is 83.6 cm³/mol. The lowest BCUT2D eigenvalue weighted by Crippen LogP contribution is -2.22. The van der Waals surface area contributed by atoms with Crippen molar-refractivity contribution in [3.8, 4) is 0 Å². The summed E-state index contributed by atoms with van der Waals surface area (Å²) in [4.78, 5) is 4.44. The average Bonchev–Trinajstić information content (AvgIpc) is 2.72. The molecule has 0 aliphatic heterocycles. The van der Waals surface area contributed by atoms with Gasteiger partial charge in [0.2, 0.25) is 0 Å².